The molecule has 0 radical (unpaired) electrons. The molecule has 6 heteroatoms. The summed E-state index contributed by atoms with van der Waals surface area (Å²) in [5.41, 5.74) is 9.62. The molecule has 48 heavy (non-hydrogen) atoms. The Morgan fingerprint density at radius 2 is 1.42 bits per heavy atom. The van der Waals surface area contributed by atoms with Gasteiger partial charge in [0.15, 0.2) is 0 Å². The Morgan fingerprint density at radius 3 is 1.92 bits per heavy atom. The number of hydrogen-bond donors (Lipinski definition) is 0. The van der Waals surface area contributed by atoms with Crippen LogP contribution in [0, 0.1) is 6.92 Å². The minimum absolute atomic E-state index is 0.0699. The molecule has 0 spiro atoms. The van der Waals surface area contributed by atoms with Crippen molar-refractivity contribution in [2.45, 2.75) is 71.9 Å². The molecule has 5 rings (SSSR count). The Morgan fingerprint density at radius 1 is 0.875 bits per heavy atom. The summed E-state index contributed by atoms with van der Waals surface area (Å²) >= 11 is 0.194. The first kappa shape index (κ1) is 38.9. The number of aryl methyl sites for hydroxylation is 1. The second kappa shape index (κ2) is 22.2. The van der Waals surface area contributed by atoms with E-state index in [1.165, 1.54) is 16.7 Å². The van der Waals surface area contributed by atoms with E-state index in [0.29, 0.717) is 0 Å². The molecule has 2 atom stereocenters. The molecule has 3 nitrogen and oxygen atoms in total. The number of nitrogens with zero attached hydrogens (tertiary/aromatic N) is 3. The van der Waals surface area contributed by atoms with E-state index in [1.54, 1.807) is 0 Å². The number of aromatic nitrogens is 1. The second-order valence-corrected chi connectivity index (χ2v) is 13.4. The van der Waals surface area contributed by atoms with Crippen LogP contribution in [0.5, 0.6) is 0 Å². The molecule has 0 saturated heterocycles. The zero-order chi connectivity index (χ0) is 34.6. The normalized spacial score (nSPS) is 15.7. The predicted octanol–water partition coefficient (Wildman–Crippen LogP) is 11.9. The number of allylic oxidation sites excluding steroid dienone is 3. The summed E-state index contributed by atoms with van der Waals surface area (Å²) in [5.74, 6) is 0. The molecule has 252 valence electrons. The molecule has 0 fully saturated rings. The zero-order valence-corrected chi connectivity index (χ0v) is 31.1. The van der Waals surface area contributed by atoms with Crippen LogP contribution in [0.25, 0.3) is 0 Å². The third-order valence-corrected chi connectivity index (χ3v) is 7.86. The van der Waals surface area contributed by atoms with Crippen LogP contribution in [-0.2, 0) is 13.1 Å². The van der Waals surface area contributed by atoms with Gasteiger partial charge in [0.2, 0.25) is 0 Å². The molecule has 0 amide bonds. The Bertz CT molecular complexity index is 1650. The van der Waals surface area contributed by atoms with Gasteiger partial charge in [-0.15, -0.1) is 0 Å². The van der Waals surface area contributed by atoms with E-state index in [2.05, 4.69) is 125 Å². The molecule has 2 unspecified atom stereocenters. The van der Waals surface area contributed by atoms with Crippen LogP contribution < -0.4 is 0 Å². The van der Waals surface area contributed by atoms with E-state index in [0.717, 1.165) is 66.0 Å². The van der Waals surface area contributed by atoms with Crippen molar-refractivity contribution >= 4 is 31.6 Å². The van der Waals surface area contributed by atoms with Gasteiger partial charge in [-0.1, -0.05) is 141 Å². The van der Waals surface area contributed by atoms with Gasteiger partial charge < -0.3 is 0 Å². The maximum atomic E-state index is 5.40. The second-order valence-electron chi connectivity index (χ2n) is 11.5. The van der Waals surface area contributed by atoms with Gasteiger partial charge in [0.1, 0.15) is 0 Å². The molecule has 1 heterocycles. The van der Waals surface area contributed by atoms with Crippen molar-refractivity contribution in [2.75, 3.05) is 0 Å². The van der Waals surface area contributed by atoms with Crippen molar-refractivity contribution < 1.29 is 13.1 Å². The van der Waals surface area contributed by atoms with Gasteiger partial charge in [-0.05, 0) is 69.7 Å². The van der Waals surface area contributed by atoms with Gasteiger partial charge in [0, 0.05) is 17.2 Å². The average Bonchev–Trinajstić information content (AvgIpc) is 3.12. The standard InChI is InChI=1S/C35H39N3.C7H8.2ClH.Fe/c1-5-16-26(4)36-34(28-18-10-8-11-19-28)32-24-15-25-33(37-32)35(29-20-12-9-13-21-29)38-31-23-14-22-27(7-3)30(31)17-6-2;1-7-5-3-2-4-6-7;;;/h6-13,15,17-21,24-26,31H,3,5,14,16,22-23H2,1-2,4H3;2-6H,1H3;2*1H;/q;;;;+2/p-2/b17-6-,36-34?,38-35?;;;;. The fourth-order valence-electron chi connectivity index (χ4n) is 5.61. The summed E-state index contributed by atoms with van der Waals surface area (Å²) in [6.07, 6.45) is 11.6. The molecule has 0 aliphatic heterocycles. The van der Waals surface area contributed by atoms with Crippen LogP contribution in [0.1, 0.15) is 81.0 Å². The van der Waals surface area contributed by atoms with Crippen molar-refractivity contribution in [3.63, 3.8) is 0 Å². The summed E-state index contributed by atoms with van der Waals surface area (Å²) in [7, 11) is 9.53. The van der Waals surface area contributed by atoms with Gasteiger partial charge >= 0.3 is 33.3 Å². The fourth-order valence-corrected chi connectivity index (χ4v) is 5.61. The van der Waals surface area contributed by atoms with Gasteiger partial charge in [-0.3, -0.25) is 9.98 Å². The van der Waals surface area contributed by atoms with Crippen LogP contribution in [0.4, 0.5) is 0 Å². The van der Waals surface area contributed by atoms with Crippen LogP contribution in [-0.4, -0.2) is 28.5 Å². The van der Waals surface area contributed by atoms with Crippen molar-refractivity contribution in [3.05, 3.63) is 173 Å². The number of rotatable bonds is 10. The Kier molecular flexibility index (Phi) is 18.0. The van der Waals surface area contributed by atoms with E-state index in [1.807, 2.05) is 36.4 Å². The molecule has 0 N–H and O–H groups in total. The molecule has 0 saturated carbocycles. The number of pyridine rings is 1. The van der Waals surface area contributed by atoms with E-state index in [-0.39, 0.29) is 25.2 Å². The molecule has 1 aromatic heterocycles. The first-order valence-corrected chi connectivity index (χ1v) is 19.6. The van der Waals surface area contributed by atoms with Crippen LogP contribution >= 0.6 is 20.2 Å². The van der Waals surface area contributed by atoms with Gasteiger partial charge in [0.05, 0.1) is 28.9 Å². The first-order chi connectivity index (χ1) is 23.4. The molecule has 1 aliphatic carbocycles. The topological polar surface area (TPSA) is 37.6 Å². The summed E-state index contributed by atoms with van der Waals surface area (Å²) in [5, 5.41) is 0. The van der Waals surface area contributed by atoms with Crippen LogP contribution in [0.3, 0.4) is 0 Å². The summed E-state index contributed by atoms with van der Waals surface area (Å²) < 4.78 is 0. The Labute approximate surface area is 303 Å². The minimum atomic E-state index is 0.0699. The van der Waals surface area contributed by atoms with Gasteiger partial charge in [-0.2, -0.15) is 0 Å². The fraction of sp³-hybridized carbons (Fsp3) is 0.262. The monoisotopic (exact) mass is 719 g/mol. The van der Waals surface area contributed by atoms with Crippen LogP contribution in [0.15, 0.2) is 155 Å². The van der Waals surface area contributed by atoms with Crippen LogP contribution in [0.2, 0.25) is 0 Å². The van der Waals surface area contributed by atoms with Crippen molar-refractivity contribution in [2.24, 2.45) is 9.98 Å². The van der Waals surface area contributed by atoms with Gasteiger partial charge in [-0.25, -0.2) is 4.98 Å². The van der Waals surface area contributed by atoms with E-state index < -0.39 is 0 Å². The van der Waals surface area contributed by atoms with Crippen molar-refractivity contribution in [1.82, 2.24) is 4.98 Å². The van der Waals surface area contributed by atoms with Crippen molar-refractivity contribution in [1.29, 1.82) is 0 Å². The predicted molar refractivity (Wildman–Crippen MR) is 205 cm³/mol. The van der Waals surface area contributed by atoms with Gasteiger partial charge in [0.25, 0.3) is 0 Å². The Hall–Kier alpha value is -3.53. The van der Waals surface area contributed by atoms with E-state index >= 15 is 0 Å². The van der Waals surface area contributed by atoms with E-state index in [4.69, 9.17) is 35.2 Å². The van der Waals surface area contributed by atoms with E-state index in [9.17, 15) is 0 Å². The molecule has 1 aliphatic rings. The van der Waals surface area contributed by atoms with Crippen molar-refractivity contribution in [3.8, 4) is 0 Å². The third kappa shape index (κ3) is 12.5. The summed E-state index contributed by atoms with van der Waals surface area (Å²) in [6, 6.07) is 37.6. The molecule has 3 aromatic carbocycles. The number of halogens is 2. The SMILES string of the molecule is C=CC1=C(/C=C\C)C(N=C(c2ccccc2)c2cccc(C(=NC(C)CCC)c3ccccc3)n2)CCC1.Cc1ccccc1.[Cl][Fe][Cl]. The number of hydrogen-bond acceptors (Lipinski definition) is 3. The quantitative estimate of drug-likeness (QED) is 0.119. The first-order valence-electron chi connectivity index (χ1n) is 16.5. The number of benzene rings is 3. The molecule has 4 aromatic rings. The molecule has 0 bridgehead atoms. The average molecular weight is 721 g/mol. The summed E-state index contributed by atoms with van der Waals surface area (Å²) in [6.45, 7) is 12.6. The molecular formula is C42H47Cl2FeN3. The maximum absolute atomic E-state index is 5.40. The number of aliphatic imine (C=N–C) groups is 2. The molecular weight excluding hydrogens is 673 g/mol. The Balaban J connectivity index is 0.000000539. The zero-order valence-electron chi connectivity index (χ0n) is 28.5. The third-order valence-electron chi connectivity index (χ3n) is 7.86. The summed E-state index contributed by atoms with van der Waals surface area (Å²) in [4.78, 5) is 15.7.